The maximum Gasteiger partial charge on any atom is 0.126 e. The topological polar surface area (TPSA) is 70.6 Å². The van der Waals surface area contributed by atoms with Crippen molar-refractivity contribution in [2.24, 2.45) is 5.41 Å². The molecule has 0 unspecified atom stereocenters. The predicted molar refractivity (Wildman–Crippen MR) is 84.6 cm³/mol. The summed E-state index contributed by atoms with van der Waals surface area (Å²) in [5.74, 6) is 1.94. The number of aromatic nitrogens is 2. The van der Waals surface area contributed by atoms with Crippen molar-refractivity contribution in [3.05, 3.63) is 42.0 Å². The molecule has 1 saturated heterocycles. The van der Waals surface area contributed by atoms with Crippen LogP contribution < -0.4 is 9.47 Å². The highest BCUT2D eigenvalue weighted by Gasteiger charge is 2.50. The van der Waals surface area contributed by atoms with Crippen molar-refractivity contribution in [3.63, 3.8) is 0 Å². The fourth-order valence-electron chi connectivity index (χ4n) is 3.86. The van der Waals surface area contributed by atoms with E-state index in [9.17, 15) is 5.11 Å². The second-order valence-electron chi connectivity index (χ2n) is 6.51. The van der Waals surface area contributed by atoms with Crippen LogP contribution in [0.25, 0.3) is 0 Å². The molecule has 1 fully saturated rings. The fourth-order valence-corrected chi connectivity index (χ4v) is 3.86. The van der Waals surface area contributed by atoms with Gasteiger partial charge in [-0.2, -0.15) is 0 Å². The molecule has 0 aliphatic carbocycles. The zero-order valence-electron chi connectivity index (χ0n) is 13.2. The van der Waals surface area contributed by atoms with Gasteiger partial charge in [0, 0.05) is 48.9 Å². The maximum absolute atomic E-state index is 10.1. The highest BCUT2D eigenvalue weighted by Crippen LogP contribution is 2.50. The standard InChI is InChI=1S/C17H21N3O3/c1-22-13-2-3-14-15-7-20(6-12-5-18-11-19-12)8-17(15,9-21)10-23-16(14)4-13/h2-5,11,15,21H,6-10H2,1H3,(H,18,19)/t15-,17-/m1/s1. The quantitative estimate of drug-likeness (QED) is 0.892. The predicted octanol–water partition coefficient (Wildman–Crippen LogP) is 1.39. The molecular weight excluding hydrogens is 294 g/mol. The lowest BCUT2D eigenvalue weighted by Crippen LogP contribution is -2.42. The van der Waals surface area contributed by atoms with Gasteiger partial charge in [0.25, 0.3) is 0 Å². The first kappa shape index (κ1) is 14.5. The molecule has 23 heavy (non-hydrogen) atoms. The van der Waals surface area contributed by atoms with E-state index in [4.69, 9.17) is 9.47 Å². The van der Waals surface area contributed by atoms with E-state index in [2.05, 4.69) is 20.9 Å². The summed E-state index contributed by atoms with van der Waals surface area (Å²) < 4.78 is 11.3. The highest BCUT2D eigenvalue weighted by molar-refractivity contribution is 5.46. The molecule has 0 radical (unpaired) electrons. The summed E-state index contributed by atoms with van der Waals surface area (Å²) in [6, 6.07) is 5.98. The first-order valence-electron chi connectivity index (χ1n) is 7.85. The van der Waals surface area contributed by atoms with Gasteiger partial charge >= 0.3 is 0 Å². The number of ether oxygens (including phenoxy) is 2. The molecule has 0 amide bonds. The number of H-pyrrole nitrogens is 1. The molecule has 0 saturated carbocycles. The molecule has 0 spiro atoms. The third kappa shape index (κ3) is 2.38. The first-order valence-corrected chi connectivity index (χ1v) is 7.85. The second kappa shape index (κ2) is 5.54. The third-order valence-corrected chi connectivity index (χ3v) is 5.09. The molecular formula is C17H21N3O3. The Morgan fingerprint density at radius 1 is 1.52 bits per heavy atom. The number of hydrogen-bond donors (Lipinski definition) is 2. The largest absolute Gasteiger partial charge is 0.497 e. The van der Waals surface area contributed by atoms with Crippen LogP contribution in [0.3, 0.4) is 0 Å². The molecule has 6 heteroatoms. The number of benzene rings is 1. The van der Waals surface area contributed by atoms with Crippen LogP contribution in [0.1, 0.15) is 17.2 Å². The summed E-state index contributed by atoms with van der Waals surface area (Å²) in [6.07, 6.45) is 3.55. The van der Waals surface area contributed by atoms with E-state index in [1.54, 1.807) is 13.4 Å². The Morgan fingerprint density at radius 2 is 2.43 bits per heavy atom. The number of imidazole rings is 1. The van der Waals surface area contributed by atoms with Crippen LogP contribution in [0.15, 0.2) is 30.7 Å². The van der Waals surface area contributed by atoms with Gasteiger partial charge in [-0.25, -0.2) is 4.98 Å². The molecule has 4 rings (SSSR count). The molecule has 2 aliphatic rings. The molecule has 122 valence electrons. The molecule has 2 atom stereocenters. The molecule has 2 aromatic rings. The highest BCUT2D eigenvalue weighted by atomic mass is 16.5. The summed E-state index contributed by atoms with van der Waals surface area (Å²) in [5.41, 5.74) is 2.02. The second-order valence-corrected chi connectivity index (χ2v) is 6.51. The molecule has 6 nitrogen and oxygen atoms in total. The normalized spacial score (nSPS) is 26.4. The van der Waals surface area contributed by atoms with E-state index in [1.165, 1.54) is 5.56 Å². The number of nitrogens with one attached hydrogen (secondary N) is 1. The van der Waals surface area contributed by atoms with Gasteiger partial charge in [-0.3, -0.25) is 4.90 Å². The Bertz CT molecular complexity index is 688. The van der Waals surface area contributed by atoms with Crippen LogP contribution in [0.2, 0.25) is 0 Å². The number of aliphatic hydroxyl groups excluding tert-OH is 1. The van der Waals surface area contributed by atoms with Crippen LogP contribution in [-0.2, 0) is 6.54 Å². The van der Waals surface area contributed by atoms with Crippen molar-refractivity contribution in [2.45, 2.75) is 12.5 Å². The SMILES string of the molecule is COc1ccc2c(c1)OC[C@]1(CO)CN(Cc3cnc[nH]3)C[C@H]21. The van der Waals surface area contributed by atoms with E-state index < -0.39 is 0 Å². The minimum atomic E-state index is -0.235. The molecule has 2 aliphatic heterocycles. The van der Waals surface area contributed by atoms with Gasteiger partial charge in [0.2, 0.25) is 0 Å². The molecule has 0 bridgehead atoms. The number of nitrogens with zero attached hydrogens (tertiary/aromatic N) is 2. The monoisotopic (exact) mass is 315 g/mol. The van der Waals surface area contributed by atoms with Crippen molar-refractivity contribution in [3.8, 4) is 11.5 Å². The summed E-state index contributed by atoms with van der Waals surface area (Å²) in [7, 11) is 1.66. The van der Waals surface area contributed by atoms with Crippen LogP contribution in [-0.4, -0.2) is 53.4 Å². The molecule has 2 N–H and O–H groups in total. The van der Waals surface area contributed by atoms with Crippen LogP contribution in [0.4, 0.5) is 0 Å². The van der Waals surface area contributed by atoms with E-state index in [1.807, 2.05) is 18.3 Å². The minimum absolute atomic E-state index is 0.128. The van der Waals surface area contributed by atoms with Gasteiger partial charge in [0.15, 0.2) is 0 Å². The van der Waals surface area contributed by atoms with Gasteiger partial charge < -0.3 is 19.6 Å². The smallest absolute Gasteiger partial charge is 0.126 e. The van der Waals surface area contributed by atoms with Crippen molar-refractivity contribution < 1.29 is 14.6 Å². The Balaban J connectivity index is 1.63. The Labute approximate surface area is 135 Å². The summed E-state index contributed by atoms with van der Waals surface area (Å²) in [6.45, 7) is 3.20. The lowest BCUT2D eigenvalue weighted by molar-refractivity contribution is 0.0455. The van der Waals surface area contributed by atoms with Crippen LogP contribution in [0, 0.1) is 5.41 Å². The van der Waals surface area contributed by atoms with Crippen molar-refractivity contribution in [1.29, 1.82) is 0 Å². The lowest BCUT2D eigenvalue weighted by Gasteiger charge is -2.38. The van der Waals surface area contributed by atoms with E-state index >= 15 is 0 Å². The molecule has 3 heterocycles. The summed E-state index contributed by atoms with van der Waals surface area (Å²) in [4.78, 5) is 9.58. The average Bonchev–Trinajstić information content (AvgIpc) is 3.22. The summed E-state index contributed by atoms with van der Waals surface area (Å²) in [5, 5.41) is 10.1. The van der Waals surface area contributed by atoms with Gasteiger partial charge in [0.1, 0.15) is 11.5 Å². The van der Waals surface area contributed by atoms with E-state index in [0.29, 0.717) is 6.61 Å². The maximum atomic E-state index is 10.1. The number of likely N-dealkylation sites (tertiary alicyclic amines) is 1. The van der Waals surface area contributed by atoms with Crippen LogP contribution in [0.5, 0.6) is 11.5 Å². The fraction of sp³-hybridized carbons (Fsp3) is 0.471. The summed E-state index contributed by atoms with van der Waals surface area (Å²) >= 11 is 0. The Hall–Kier alpha value is -2.05. The first-order chi connectivity index (χ1) is 11.2. The number of aliphatic hydroxyl groups is 1. The minimum Gasteiger partial charge on any atom is -0.497 e. The van der Waals surface area contributed by atoms with Gasteiger partial charge in [0.05, 0.1) is 26.7 Å². The Morgan fingerprint density at radius 3 is 3.17 bits per heavy atom. The lowest BCUT2D eigenvalue weighted by atomic mass is 9.74. The number of fused-ring (bicyclic) bond motifs is 3. The zero-order valence-corrected chi connectivity index (χ0v) is 13.2. The van der Waals surface area contributed by atoms with Crippen molar-refractivity contribution in [2.75, 3.05) is 33.4 Å². The van der Waals surface area contributed by atoms with Gasteiger partial charge in [-0.1, -0.05) is 6.07 Å². The van der Waals surface area contributed by atoms with E-state index in [0.717, 1.165) is 36.8 Å². The number of rotatable bonds is 4. The number of aromatic amines is 1. The van der Waals surface area contributed by atoms with Crippen molar-refractivity contribution in [1.82, 2.24) is 14.9 Å². The Kier molecular flexibility index (Phi) is 3.50. The molecule has 1 aromatic carbocycles. The van der Waals surface area contributed by atoms with Crippen molar-refractivity contribution >= 4 is 0 Å². The van der Waals surface area contributed by atoms with Crippen LogP contribution >= 0.6 is 0 Å². The number of hydrogen-bond acceptors (Lipinski definition) is 5. The van der Waals surface area contributed by atoms with Gasteiger partial charge in [-0.15, -0.1) is 0 Å². The molecule has 1 aromatic heterocycles. The average molecular weight is 315 g/mol. The van der Waals surface area contributed by atoms with E-state index in [-0.39, 0.29) is 17.9 Å². The number of methoxy groups -OCH3 is 1. The third-order valence-electron chi connectivity index (χ3n) is 5.09. The van der Waals surface area contributed by atoms with Gasteiger partial charge in [-0.05, 0) is 11.6 Å². The zero-order chi connectivity index (χ0) is 15.9.